The van der Waals surface area contributed by atoms with Crippen LogP contribution in [0.2, 0.25) is 0 Å². The second-order valence-electron chi connectivity index (χ2n) is 6.46. The third-order valence-corrected chi connectivity index (χ3v) is 5.09. The molecular weight excluding hydrogens is 318 g/mol. The highest BCUT2D eigenvalue weighted by Gasteiger charge is 2.38. The van der Waals surface area contributed by atoms with E-state index in [0.717, 1.165) is 45.7 Å². The van der Waals surface area contributed by atoms with Gasteiger partial charge in [0.1, 0.15) is 0 Å². The summed E-state index contributed by atoms with van der Waals surface area (Å²) in [5, 5.41) is 3.13. The minimum atomic E-state index is -0.189. The Kier molecular flexibility index (Phi) is 9.39. The van der Waals surface area contributed by atoms with Crippen LogP contribution in [0.1, 0.15) is 38.5 Å². The van der Waals surface area contributed by atoms with Crippen LogP contribution in [-0.4, -0.2) is 69.0 Å². The van der Waals surface area contributed by atoms with Crippen LogP contribution in [0.5, 0.6) is 0 Å². The fraction of sp³-hybridized carbons (Fsp3) is 0.938. The molecular formula is C16H32ClN3O3. The van der Waals surface area contributed by atoms with Crippen molar-refractivity contribution < 1.29 is 14.3 Å². The van der Waals surface area contributed by atoms with Gasteiger partial charge in [-0.15, -0.1) is 12.4 Å². The maximum atomic E-state index is 12.1. The molecule has 7 heteroatoms. The molecule has 0 aromatic carbocycles. The van der Waals surface area contributed by atoms with Gasteiger partial charge in [-0.25, -0.2) is 0 Å². The Balaban J connectivity index is 0.00000264. The molecule has 1 aliphatic carbocycles. The van der Waals surface area contributed by atoms with Gasteiger partial charge in [0.25, 0.3) is 0 Å². The molecule has 0 bridgehead atoms. The Morgan fingerprint density at radius 3 is 2.52 bits per heavy atom. The zero-order valence-corrected chi connectivity index (χ0v) is 15.0. The molecule has 2 rings (SSSR count). The van der Waals surface area contributed by atoms with E-state index in [1.165, 1.54) is 19.3 Å². The lowest BCUT2D eigenvalue weighted by atomic mass is 9.79. The molecule has 0 spiro atoms. The minimum absolute atomic E-state index is 0. The molecule has 1 aliphatic heterocycles. The molecule has 2 aliphatic rings. The second-order valence-corrected chi connectivity index (χ2v) is 6.46. The number of carbonyl (C=O) groups excluding carboxylic acids is 1. The number of methoxy groups -OCH3 is 1. The summed E-state index contributed by atoms with van der Waals surface area (Å²) < 4.78 is 10.7. The van der Waals surface area contributed by atoms with E-state index < -0.39 is 0 Å². The molecule has 1 heterocycles. The van der Waals surface area contributed by atoms with Gasteiger partial charge in [-0.1, -0.05) is 19.3 Å². The number of hydrogen-bond donors (Lipinski definition) is 2. The number of nitrogens with two attached hydrogens (primary N) is 1. The lowest BCUT2D eigenvalue weighted by Gasteiger charge is -2.48. The topological polar surface area (TPSA) is 76.8 Å². The average Bonchev–Trinajstić information content (AvgIpc) is 2.59. The van der Waals surface area contributed by atoms with Gasteiger partial charge in [-0.3, -0.25) is 9.69 Å². The third-order valence-electron chi connectivity index (χ3n) is 5.09. The maximum absolute atomic E-state index is 12.1. The number of halogens is 1. The number of nitrogens with one attached hydrogen (secondary N) is 1. The van der Waals surface area contributed by atoms with Crippen molar-refractivity contribution in [1.29, 1.82) is 0 Å². The van der Waals surface area contributed by atoms with Gasteiger partial charge in [0, 0.05) is 38.8 Å². The van der Waals surface area contributed by atoms with Crippen LogP contribution in [0, 0.1) is 0 Å². The van der Waals surface area contributed by atoms with Crippen LogP contribution in [0.4, 0.5) is 0 Å². The van der Waals surface area contributed by atoms with Crippen molar-refractivity contribution >= 4 is 18.3 Å². The Labute approximate surface area is 145 Å². The molecule has 1 amide bonds. The summed E-state index contributed by atoms with van der Waals surface area (Å²) >= 11 is 0. The van der Waals surface area contributed by atoms with Gasteiger partial charge < -0.3 is 20.5 Å². The Morgan fingerprint density at radius 2 is 1.96 bits per heavy atom. The van der Waals surface area contributed by atoms with Crippen molar-refractivity contribution in [1.82, 2.24) is 10.2 Å². The highest BCUT2D eigenvalue weighted by Crippen LogP contribution is 2.33. The van der Waals surface area contributed by atoms with Crippen molar-refractivity contribution in [2.24, 2.45) is 5.73 Å². The van der Waals surface area contributed by atoms with E-state index in [1.54, 1.807) is 7.11 Å². The molecule has 2 fully saturated rings. The molecule has 136 valence electrons. The van der Waals surface area contributed by atoms with Crippen LogP contribution in [0.25, 0.3) is 0 Å². The summed E-state index contributed by atoms with van der Waals surface area (Å²) in [6.07, 6.45) is 6.28. The Hall–Kier alpha value is -0.400. The smallest absolute Gasteiger partial charge is 0.222 e. The number of nitrogens with zero attached hydrogens (tertiary/aromatic N) is 1. The summed E-state index contributed by atoms with van der Waals surface area (Å²) in [4.78, 5) is 14.7. The quantitative estimate of drug-likeness (QED) is 0.715. The van der Waals surface area contributed by atoms with Gasteiger partial charge >= 0.3 is 0 Å². The molecule has 1 saturated carbocycles. The predicted molar refractivity (Wildman–Crippen MR) is 92.9 cm³/mol. The van der Waals surface area contributed by atoms with Crippen molar-refractivity contribution in [2.45, 2.75) is 50.2 Å². The number of ether oxygens (including phenoxy) is 2. The number of amides is 1. The molecule has 1 atom stereocenters. The Morgan fingerprint density at radius 1 is 1.30 bits per heavy atom. The van der Waals surface area contributed by atoms with E-state index in [4.69, 9.17) is 15.2 Å². The normalized spacial score (nSPS) is 22.9. The summed E-state index contributed by atoms with van der Waals surface area (Å²) in [6, 6.07) is 0. The number of morpholine rings is 1. The number of rotatable bonds is 7. The maximum Gasteiger partial charge on any atom is 0.222 e. The van der Waals surface area contributed by atoms with Crippen molar-refractivity contribution in [3.05, 3.63) is 0 Å². The first-order chi connectivity index (χ1) is 10.7. The van der Waals surface area contributed by atoms with E-state index in [9.17, 15) is 4.79 Å². The lowest BCUT2D eigenvalue weighted by molar-refractivity contribution is -0.124. The summed E-state index contributed by atoms with van der Waals surface area (Å²) in [5.74, 6) is 0.0375. The molecule has 0 aromatic heterocycles. The standard InChI is InChI=1S/C16H31N3O3.ClH/c1-21-14(12-17)11-15(20)18-13-16(5-3-2-4-6-16)19-7-9-22-10-8-19;/h14H,2-13,17H2,1H3,(H,18,20);1H. The van der Waals surface area contributed by atoms with Crippen LogP contribution in [-0.2, 0) is 14.3 Å². The number of hydrogen-bond acceptors (Lipinski definition) is 5. The third kappa shape index (κ3) is 5.87. The molecule has 1 unspecified atom stereocenters. The summed E-state index contributed by atoms with van der Waals surface area (Å²) in [6.45, 7) is 4.65. The predicted octanol–water partition coefficient (Wildman–Crippen LogP) is 0.923. The van der Waals surface area contributed by atoms with Crippen LogP contribution in [0.3, 0.4) is 0 Å². The zero-order valence-electron chi connectivity index (χ0n) is 14.2. The van der Waals surface area contributed by atoms with Gasteiger partial charge in [0.2, 0.25) is 5.91 Å². The van der Waals surface area contributed by atoms with Crippen LogP contribution in [0.15, 0.2) is 0 Å². The van der Waals surface area contributed by atoms with Crippen molar-refractivity contribution in [2.75, 3.05) is 46.5 Å². The molecule has 23 heavy (non-hydrogen) atoms. The van der Waals surface area contributed by atoms with Gasteiger partial charge in [-0.2, -0.15) is 0 Å². The van der Waals surface area contributed by atoms with E-state index >= 15 is 0 Å². The summed E-state index contributed by atoms with van der Waals surface area (Å²) in [7, 11) is 1.60. The first-order valence-corrected chi connectivity index (χ1v) is 8.52. The average molecular weight is 350 g/mol. The fourth-order valence-electron chi connectivity index (χ4n) is 3.66. The minimum Gasteiger partial charge on any atom is -0.380 e. The van der Waals surface area contributed by atoms with Gasteiger partial charge in [0.05, 0.1) is 25.7 Å². The highest BCUT2D eigenvalue weighted by molar-refractivity contribution is 5.85. The van der Waals surface area contributed by atoms with E-state index in [2.05, 4.69) is 10.2 Å². The van der Waals surface area contributed by atoms with Gasteiger partial charge in [-0.05, 0) is 12.8 Å². The fourth-order valence-corrected chi connectivity index (χ4v) is 3.66. The highest BCUT2D eigenvalue weighted by atomic mass is 35.5. The second kappa shape index (κ2) is 10.5. The molecule has 3 N–H and O–H groups in total. The Bertz CT molecular complexity index is 341. The van der Waals surface area contributed by atoms with Crippen molar-refractivity contribution in [3.8, 4) is 0 Å². The summed E-state index contributed by atoms with van der Waals surface area (Å²) in [5.41, 5.74) is 5.70. The lowest BCUT2D eigenvalue weighted by Crippen LogP contribution is -2.59. The molecule has 1 saturated heterocycles. The van der Waals surface area contributed by atoms with E-state index in [1.807, 2.05) is 0 Å². The zero-order chi connectivity index (χ0) is 15.8. The first-order valence-electron chi connectivity index (χ1n) is 8.52. The van der Waals surface area contributed by atoms with Crippen LogP contribution >= 0.6 is 12.4 Å². The number of carbonyl (C=O) groups is 1. The largest absolute Gasteiger partial charge is 0.380 e. The SMILES string of the molecule is COC(CN)CC(=O)NCC1(N2CCOCC2)CCCCC1.Cl. The molecule has 0 aromatic rings. The monoisotopic (exact) mass is 349 g/mol. The molecule has 6 nitrogen and oxygen atoms in total. The molecule has 0 radical (unpaired) electrons. The van der Waals surface area contributed by atoms with E-state index in [-0.39, 0.29) is 30.0 Å². The first kappa shape index (κ1) is 20.6. The van der Waals surface area contributed by atoms with E-state index in [0.29, 0.717) is 13.0 Å². The van der Waals surface area contributed by atoms with Crippen LogP contribution < -0.4 is 11.1 Å². The van der Waals surface area contributed by atoms with Gasteiger partial charge in [0.15, 0.2) is 0 Å². The van der Waals surface area contributed by atoms with Crippen molar-refractivity contribution in [3.63, 3.8) is 0 Å².